The topological polar surface area (TPSA) is 62.4 Å². The van der Waals surface area contributed by atoms with Crippen molar-refractivity contribution in [3.8, 4) is 0 Å². The van der Waals surface area contributed by atoms with E-state index in [1.807, 2.05) is 0 Å². The van der Waals surface area contributed by atoms with Gasteiger partial charge in [0.1, 0.15) is 5.69 Å². The lowest BCUT2D eigenvalue weighted by Crippen LogP contribution is -2.41. The van der Waals surface area contributed by atoms with E-state index in [4.69, 9.17) is 4.74 Å². The molecule has 0 spiro atoms. The van der Waals surface area contributed by atoms with Crippen molar-refractivity contribution in [3.05, 3.63) is 22.4 Å². The molecular formula is C15H21BrN2O3. The van der Waals surface area contributed by atoms with E-state index in [1.54, 1.807) is 24.2 Å². The average molecular weight is 357 g/mol. The molecule has 1 N–H and O–H groups in total. The number of aromatic amines is 1. The SMILES string of the molecule is CC1CCC(N(C)C(=O)COC(=O)c2cc(Br)c[nH]2)CC1. The van der Waals surface area contributed by atoms with Crippen LogP contribution in [0.3, 0.4) is 0 Å². The van der Waals surface area contributed by atoms with Gasteiger partial charge in [-0.2, -0.15) is 0 Å². The van der Waals surface area contributed by atoms with Gasteiger partial charge in [0.2, 0.25) is 0 Å². The molecule has 0 unspecified atom stereocenters. The zero-order chi connectivity index (χ0) is 15.4. The molecule has 6 heteroatoms. The van der Waals surface area contributed by atoms with Crippen LogP contribution in [0.1, 0.15) is 43.1 Å². The van der Waals surface area contributed by atoms with E-state index in [9.17, 15) is 9.59 Å². The van der Waals surface area contributed by atoms with Gasteiger partial charge in [-0.1, -0.05) is 6.92 Å². The Morgan fingerprint density at radius 3 is 2.62 bits per heavy atom. The smallest absolute Gasteiger partial charge is 0.355 e. The molecule has 1 aromatic rings. The van der Waals surface area contributed by atoms with Crippen molar-refractivity contribution in [3.63, 3.8) is 0 Å². The predicted octanol–water partition coefficient (Wildman–Crippen LogP) is 2.97. The van der Waals surface area contributed by atoms with Crippen molar-refractivity contribution >= 4 is 27.8 Å². The summed E-state index contributed by atoms with van der Waals surface area (Å²) in [6.07, 6.45) is 6.01. The van der Waals surface area contributed by atoms with Crippen LogP contribution in [0.4, 0.5) is 0 Å². The number of nitrogens with zero attached hydrogens (tertiary/aromatic N) is 1. The molecule has 1 amide bonds. The molecule has 1 fully saturated rings. The number of hydrogen-bond donors (Lipinski definition) is 1. The molecule has 116 valence electrons. The van der Waals surface area contributed by atoms with Crippen LogP contribution in [0.5, 0.6) is 0 Å². The summed E-state index contributed by atoms with van der Waals surface area (Å²) in [6.45, 7) is 2.03. The zero-order valence-electron chi connectivity index (χ0n) is 12.4. The fourth-order valence-corrected chi connectivity index (χ4v) is 2.97. The van der Waals surface area contributed by atoms with Gasteiger partial charge in [0.25, 0.3) is 5.91 Å². The molecule has 1 aliphatic rings. The lowest BCUT2D eigenvalue weighted by atomic mass is 9.87. The number of carbonyl (C=O) groups excluding carboxylic acids is 2. The minimum absolute atomic E-state index is 0.145. The standard InChI is InChI=1S/C15H21BrN2O3/c1-10-3-5-12(6-4-10)18(2)14(19)9-21-15(20)13-7-11(16)8-17-13/h7-8,10,12,17H,3-6,9H2,1-2H3. The second-order valence-corrected chi connectivity index (χ2v) is 6.64. The van der Waals surface area contributed by atoms with Gasteiger partial charge in [0.05, 0.1) is 0 Å². The molecule has 1 heterocycles. The molecule has 5 nitrogen and oxygen atoms in total. The van der Waals surface area contributed by atoms with Gasteiger partial charge in [-0.3, -0.25) is 4.79 Å². The molecule has 2 rings (SSSR count). The first-order valence-electron chi connectivity index (χ1n) is 7.24. The second-order valence-electron chi connectivity index (χ2n) is 5.73. The van der Waals surface area contributed by atoms with Crippen molar-refractivity contribution in [2.24, 2.45) is 5.92 Å². The van der Waals surface area contributed by atoms with Crippen LogP contribution >= 0.6 is 15.9 Å². The highest BCUT2D eigenvalue weighted by atomic mass is 79.9. The Morgan fingerprint density at radius 1 is 1.38 bits per heavy atom. The van der Waals surface area contributed by atoms with Gasteiger partial charge >= 0.3 is 5.97 Å². The first-order chi connectivity index (χ1) is 9.97. The summed E-state index contributed by atoms with van der Waals surface area (Å²) in [7, 11) is 1.79. The van der Waals surface area contributed by atoms with E-state index >= 15 is 0 Å². The fraction of sp³-hybridized carbons (Fsp3) is 0.600. The van der Waals surface area contributed by atoms with Crippen LogP contribution < -0.4 is 0 Å². The number of esters is 1. The number of rotatable bonds is 4. The van der Waals surface area contributed by atoms with Gasteiger partial charge < -0.3 is 14.6 Å². The second kappa shape index (κ2) is 7.11. The normalized spacial score (nSPS) is 21.9. The minimum Gasteiger partial charge on any atom is -0.451 e. The summed E-state index contributed by atoms with van der Waals surface area (Å²) in [5, 5.41) is 0. The van der Waals surface area contributed by atoms with Crippen LogP contribution in [0.25, 0.3) is 0 Å². The number of aromatic nitrogens is 1. The first kappa shape index (κ1) is 16.1. The summed E-state index contributed by atoms with van der Waals surface area (Å²) in [5.74, 6) is 0.0853. The summed E-state index contributed by atoms with van der Waals surface area (Å²) in [6, 6.07) is 1.89. The van der Waals surface area contributed by atoms with Crippen LogP contribution in [0.15, 0.2) is 16.7 Å². The monoisotopic (exact) mass is 356 g/mol. The summed E-state index contributed by atoms with van der Waals surface area (Å²) in [4.78, 5) is 28.4. The number of nitrogens with one attached hydrogen (secondary N) is 1. The maximum Gasteiger partial charge on any atom is 0.355 e. The highest BCUT2D eigenvalue weighted by Gasteiger charge is 2.25. The Labute approximate surface area is 133 Å². The fourth-order valence-electron chi connectivity index (χ4n) is 2.63. The van der Waals surface area contributed by atoms with Crippen molar-refractivity contribution in [2.75, 3.05) is 13.7 Å². The van der Waals surface area contributed by atoms with E-state index in [0.29, 0.717) is 5.69 Å². The Bertz CT molecular complexity index is 507. The van der Waals surface area contributed by atoms with Gasteiger partial charge in [0.15, 0.2) is 6.61 Å². The molecular weight excluding hydrogens is 336 g/mol. The number of likely N-dealkylation sites (N-methyl/N-ethyl adjacent to an activating group) is 1. The van der Waals surface area contributed by atoms with E-state index in [-0.39, 0.29) is 18.6 Å². The first-order valence-corrected chi connectivity index (χ1v) is 8.03. The summed E-state index contributed by atoms with van der Waals surface area (Å²) >= 11 is 3.25. The maximum absolute atomic E-state index is 12.1. The van der Waals surface area contributed by atoms with Crippen LogP contribution in [-0.4, -0.2) is 41.5 Å². The largest absolute Gasteiger partial charge is 0.451 e. The zero-order valence-corrected chi connectivity index (χ0v) is 14.0. The van der Waals surface area contributed by atoms with Gasteiger partial charge in [-0.05, 0) is 53.6 Å². The Hall–Kier alpha value is -1.30. The summed E-state index contributed by atoms with van der Waals surface area (Å²) < 4.78 is 5.83. The third kappa shape index (κ3) is 4.33. The molecule has 21 heavy (non-hydrogen) atoms. The Kier molecular flexibility index (Phi) is 5.45. The number of H-pyrrole nitrogens is 1. The third-order valence-corrected chi connectivity index (χ3v) is 4.58. The highest BCUT2D eigenvalue weighted by molar-refractivity contribution is 9.10. The van der Waals surface area contributed by atoms with E-state index in [2.05, 4.69) is 27.8 Å². The van der Waals surface area contributed by atoms with Crippen molar-refractivity contribution in [1.82, 2.24) is 9.88 Å². The number of amides is 1. The van der Waals surface area contributed by atoms with Gasteiger partial charge in [0, 0.05) is 23.8 Å². The minimum atomic E-state index is -0.514. The Morgan fingerprint density at radius 2 is 2.05 bits per heavy atom. The van der Waals surface area contributed by atoms with Crippen molar-refractivity contribution in [2.45, 2.75) is 38.6 Å². The quantitative estimate of drug-likeness (QED) is 0.843. The summed E-state index contributed by atoms with van der Waals surface area (Å²) in [5.41, 5.74) is 0.337. The van der Waals surface area contributed by atoms with Crippen molar-refractivity contribution in [1.29, 1.82) is 0 Å². The van der Waals surface area contributed by atoms with E-state index in [1.165, 1.54) is 0 Å². The van der Waals surface area contributed by atoms with Crippen molar-refractivity contribution < 1.29 is 14.3 Å². The lowest BCUT2D eigenvalue weighted by Gasteiger charge is -2.33. The third-order valence-electron chi connectivity index (χ3n) is 4.12. The van der Waals surface area contributed by atoms with E-state index < -0.39 is 5.97 Å². The predicted molar refractivity (Wildman–Crippen MR) is 83.0 cm³/mol. The maximum atomic E-state index is 12.1. The number of carbonyl (C=O) groups is 2. The molecule has 0 aliphatic heterocycles. The average Bonchev–Trinajstić information content (AvgIpc) is 2.91. The van der Waals surface area contributed by atoms with Gasteiger partial charge in [-0.25, -0.2) is 4.79 Å². The number of halogens is 1. The van der Waals surface area contributed by atoms with Crippen LogP contribution in [-0.2, 0) is 9.53 Å². The molecule has 0 atom stereocenters. The van der Waals surface area contributed by atoms with Crippen LogP contribution in [0.2, 0.25) is 0 Å². The molecule has 1 aliphatic carbocycles. The molecule has 0 aromatic carbocycles. The van der Waals surface area contributed by atoms with Gasteiger partial charge in [-0.15, -0.1) is 0 Å². The highest BCUT2D eigenvalue weighted by Crippen LogP contribution is 2.26. The molecule has 0 radical (unpaired) electrons. The Balaban J connectivity index is 1.80. The lowest BCUT2D eigenvalue weighted by molar-refractivity contribution is -0.136. The molecule has 1 aromatic heterocycles. The number of hydrogen-bond acceptors (Lipinski definition) is 3. The molecule has 1 saturated carbocycles. The molecule has 0 saturated heterocycles. The van der Waals surface area contributed by atoms with E-state index in [0.717, 1.165) is 36.1 Å². The van der Waals surface area contributed by atoms with Crippen LogP contribution in [0, 0.1) is 5.92 Å². The molecule has 0 bridgehead atoms. The number of ether oxygens (including phenoxy) is 1.